The van der Waals surface area contributed by atoms with Gasteiger partial charge in [0, 0.05) is 13.2 Å². The first-order chi connectivity index (χ1) is 6.65. The lowest BCUT2D eigenvalue weighted by atomic mass is 10.2. The standard InChI is InChI=1S/C11H18N2O/c1-4-7-12(2)9-11(14)10-6-5-8-13(10)3/h5-6,8H,4,7,9H2,1-3H3. The molecule has 0 fully saturated rings. The molecule has 0 saturated heterocycles. The molecular weight excluding hydrogens is 176 g/mol. The van der Waals surface area contributed by atoms with Crippen molar-refractivity contribution in [3.05, 3.63) is 24.0 Å². The number of hydrogen-bond acceptors (Lipinski definition) is 2. The second kappa shape index (κ2) is 4.96. The number of likely N-dealkylation sites (N-methyl/N-ethyl adjacent to an activating group) is 1. The van der Waals surface area contributed by atoms with E-state index in [1.807, 2.05) is 37.0 Å². The Labute approximate surface area is 85.3 Å². The third-order valence-corrected chi connectivity index (χ3v) is 2.25. The summed E-state index contributed by atoms with van der Waals surface area (Å²) in [4.78, 5) is 13.8. The number of carbonyl (C=O) groups excluding carboxylic acids is 1. The molecule has 1 heterocycles. The van der Waals surface area contributed by atoms with E-state index < -0.39 is 0 Å². The number of aromatic nitrogens is 1. The molecule has 0 aliphatic carbocycles. The van der Waals surface area contributed by atoms with Crippen LogP contribution in [0.5, 0.6) is 0 Å². The Morgan fingerprint density at radius 1 is 1.57 bits per heavy atom. The predicted octanol–water partition coefficient (Wildman–Crippen LogP) is 1.55. The number of carbonyl (C=O) groups is 1. The number of ketones is 1. The Balaban J connectivity index is 2.55. The first-order valence-electron chi connectivity index (χ1n) is 4.98. The van der Waals surface area contributed by atoms with Gasteiger partial charge in [-0.3, -0.25) is 9.69 Å². The molecule has 0 atom stereocenters. The molecule has 0 radical (unpaired) electrons. The van der Waals surface area contributed by atoms with Gasteiger partial charge >= 0.3 is 0 Å². The summed E-state index contributed by atoms with van der Waals surface area (Å²) in [6, 6.07) is 3.76. The molecule has 0 saturated carbocycles. The average molecular weight is 194 g/mol. The third-order valence-electron chi connectivity index (χ3n) is 2.25. The molecule has 0 N–H and O–H groups in total. The van der Waals surface area contributed by atoms with Crippen LogP contribution >= 0.6 is 0 Å². The Hall–Kier alpha value is -1.09. The van der Waals surface area contributed by atoms with Gasteiger partial charge in [0.15, 0.2) is 5.78 Å². The van der Waals surface area contributed by atoms with Crippen LogP contribution in [0.15, 0.2) is 18.3 Å². The Kier molecular flexibility index (Phi) is 3.89. The molecule has 0 unspecified atom stereocenters. The molecule has 1 aromatic rings. The molecule has 0 aromatic carbocycles. The summed E-state index contributed by atoms with van der Waals surface area (Å²) < 4.78 is 1.86. The topological polar surface area (TPSA) is 25.2 Å². The first-order valence-corrected chi connectivity index (χ1v) is 4.98. The molecule has 3 heteroatoms. The van der Waals surface area contributed by atoms with E-state index in [2.05, 4.69) is 11.8 Å². The molecule has 78 valence electrons. The van der Waals surface area contributed by atoms with Crippen molar-refractivity contribution in [1.82, 2.24) is 9.47 Å². The van der Waals surface area contributed by atoms with Gasteiger partial charge in [-0.25, -0.2) is 0 Å². The molecule has 3 nitrogen and oxygen atoms in total. The monoisotopic (exact) mass is 194 g/mol. The minimum Gasteiger partial charge on any atom is -0.348 e. The van der Waals surface area contributed by atoms with E-state index in [0.717, 1.165) is 18.7 Å². The van der Waals surface area contributed by atoms with Gasteiger partial charge in [-0.05, 0) is 32.1 Å². The Morgan fingerprint density at radius 2 is 2.29 bits per heavy atom. The summed E-state index contributed by atoms with van der Waals surface area (Å²) in [5.74, 6) is 0.188. The van der Waals surface area contributed by atoms with Crippen molar-refractivity contribution < 1.29 is 4.79 Å². The summed E-state index contributed by atoms with van der Waals surface area (Å²) in [6.45, 7) is 3.59. The van der Waals surface area contributed by atoms with Gasteiger partial charge in [-0.15, -0.1) is 0 Å². The molecule has 0 aliphatic heterocycles. The zero-order chi connectivity index (χ0) is 10.6. The maximum Gasteiger partial charge on any atom is 0.193 e. The smallest absolute Gasteiger partial charge is 0.193 e. The summed E-state index contributed by atoms with van der Waals surface area (Å²) in [6.07, 6.45) is 2.98. The average Bonchev–Trinajstić information content (AvgIpc) is 2.51. The minimum absolute atomic E-state index is 0.188. The van der Waals surface area contributed by atoms with Gasteiger partial charge in [0.2, 0.25) is 0 Å². The number of hydrogen-bond donors (Lipinski definition) is 0. The predicted molar refractivity (Wildman–Crippen MR) is 57.5 cm³/mol. The van der Waals surface area contributed by atoms with Crippen LogP contribution in [-0.4, -0.2) is 35.4 Å². The van der Waals surface area contributed by atoms with Gasteiger partial charge in [-0.1, -0.05) is 6.92 Å². The van der Waals surface area contributed by atoms with Crippen molar-refractivity contribution in [2.75, 3.05) is 20.1 Å². The fraction of sp³-hybridized carbons (Fsp3) is 0.545. The minimum atomic E-state index is 0.188. The van der Waals surface area contributed by atoms with E-state index in [4.69, 9.17) is 0 Å². The molecule has 14 heavy (non-hydrogen) atoms. The van der Waals surface area contributed by atoms with Crippen molar-refractivity contribution in [3.8, 4) is 0 Å². The van der Waals surface area contributed by atoms with Crippen LogP contribution in [0.2, 0.25) is 0 Å². The molecule has 1 rings (SSSR count). The lowest BCUT2D eigenvalue weighted by molar-refractivity contribution is 0.0938. The van der Waals surface area contributed by atoms with E-state index in [1.54, 1.807) is 0 Å². The number of rotatable bonds is 5. The Bertz CT molecular complexity index is 304. The van der Waals surface area contributed by atoms with Gasteiger partial charge in [-0.2, -0.15) is 0 Å². The van der Waals surface area contributed by atoms with Crippen molar-refractivity contribution in [1.29, 1.82) is 0 Å². The zero-order valence-corrected chi connectivity index (χ0v) is 9.16. The fourth-order valence-corrected chi connectivity index (χ4v) is 1.54. The van der Waals surface area contributed by atoms with E-state index in [0.29, 0.717) is 6.54 Å². The third kappa shape index (κ3) is 2.70. The number of aryl methyl sites for hydroxylation is 1. The summed E-state index contributed by atoms with van der Waals surface area (Å²) >= 11 is 0. The highest BCUT2D eigenvalue weighted by atomic mass is 16.1. The van der Waals surface area contributed by atoms with Crippen LogP contribution in [0.4, 0.5) is 0 Å². The number of nitrogens with zero attached hydrogens (tertiary/aromatic N) is 2. The van der Waals surface area contributed by atoms with Crippen molar-refractivity contribution in [3.63, 3.8) is 0 Å². The lowest BCUT2D eigenvalue weighted by Gasteiger charge is -2.14. The van der Waals surface area contributed by atoms with Crippen molar-refractivity contribution in [2.24, 2.45) is 7.05 Å². The number of Topliss-reactive ketones (excluding diaryl/α,β-unsaturated/α-hetero) is 1. The highest BCUT2D eigenvalue weighted by Gasteiger charge is 2.10. The highest BCUT2D eigenvalue weighted by molar-refractivity contribution is 5.96. The lowest BCUT2D eigenvalue weighted by Crippen LogP contribution is -2.27. The van der Waals surface area contributed by atoms with E-state index >= 15 is 0 Å². The molecule has 0 bridgehead atoms. The van der Waals surface area contributed by atoms with E-state index in [9.17, 15) is 4.79 Å². The van der Waals surface area contributed by atoms with Crippen LogP contribution < -0.4 is 0 Å². The molecule has 0 spiro atoms. The van der Waals surface area contributed by atoms with Gasteiger partial charge in [0.25, 0.3) is 0 Å². The largest absolute Gasteiger partial charge is 0.348 e. The van der Waals surface area contributed by atoms with Gasteiger partial charge in [0.05, 0.1) is 12.2 Å². The molecule has 0 aliphatic rings. The first kappa shape index (κ1) is 11.0. The van der Waals surface area contributed by atoms with Crippen LogP contribution in [0.3, 0.4) is 0 Å². The van der Waals surface area contributed by atoms with Gasteiger partial charge < -0.3 is 4.57 Å². The van der Waals surface area contributed by atoms with Crippen LogP contribution in [0.25, 0.3) is 0 Å². The van der Waals surface area contributed by atoms with E-state index in [-0.39, 0.29) is 5.78 Å². The zero-order valence-electron chi connectivity index (χ0n) is 9.16. The molecular formula is C11H18N2O. The van der Waals surface area contributed by atoms with Gasteiger partial charge in [0.1, 0.15) is 0 Å². The van der Waals surface area contributed by atoms with Crippen molar-refractivity contribution in [2.45, 2.75) is 13.3 Å². The van der Waals surface area contributed by atoms with Crippen LogP contribution in [0, 0.1) is 0 Å². The van der Waals surface area contributed by atoms with Crippen LogP contribution in [0.1, 0.15) is 23.8 Å². The summed E-state index contributed by atoms with van der Waals surface area (Å²) in [5, 5.41) is 0. The second-order valence-electron chi connectivity index (χ2n) is 3.67. The van der Waals surface area contributed by atoms with E-state index in [1.165, 1.54) is 0 Å². The van der Waals surface area contributed by atoms with Crippen molar-refractivity contribution >= 4 is 5.78 Å². The molecule has 0 amide bonds. The second-order valence-corrected chi connectivity index (χ2v) is 3.67. The quantitative estimate of drug-likeness (QED) is 0.664. The fourth-order valence-electron chi connectivity index (χ4n) is 1.54. The summed E-state index contributed by atoms with van der Waals surface area (Å²) in [5.41, 5.74) is 0.785. The normalized spacial score (nSPS) is 10.9. The summed E-state index contributed by atoms with van der Waals surface area (Å²) in [7, 11) is 3.87. The maximum atomic E-state index is 11.7. The van der Waals surface area contributed by atoms with Crippen LogP contribution in [-0.2, 0) is 7.05 Å². The highest BCUT2D eigenvalue weighted by Crippen LogP contribution is 2.02. The Morgan fingerprint density at radius 3 is 2.79 bits per heavy atom. The maximum absolute atomic E-state index is 11.7. The SMILES string of the molecule is CCCN(C)CC(=O)c1cccn1C. The molecule has 1 aromatic heterocycles.